The normalized spacial score (nSPS) is 10.4. The lowest BCUT2D eigenvalue weighted by Gasteiger charge is -2.12. The molecule has 0 aliphatic heterocycles. The van der Waals surface area contributed by atoms with Crippen LogP contribution in [-0.4, -0.2) is 29.7 Å². The lowest BCUT2D eigenvalue weighted by Crippen LogP contribution is -2.23. The van der Waals surface area contributed by atoms with Gasteiger partial charge in [-0.15, -0.1) is 0 Å². The minimum atomic E-state index is -1.73. The van der Waals surface area contributed by atoms with Gasteiger partial charge in [-0.05, 0) is 6.07 Å². The molecule has 0 aliphatic carbocycles. The number of hydrogen-bond donors (Lipinski definition) is 0. The quantitative estimate of drug-likeness (QED) is 0.325. The van der Waals surface area contributed by atoms with Crippen LogP contribution in [0.5, 0.6) is 5.75 Å². The molecule has 0 aromatic heterocycles. The summed E-state index contributed by atoms with van der Waals surface area (Å²) in [5.74, 6) is -0.0672. The van der Waals surface area contributed by atoms with Crippen LogP contribution in [-0.2, 0) is 24.7 Å². The van der Waals surface area contributed by atoms with Crippen LogP contribution in [0.2, 0.25) is 0 Å². The van der Waals surface area contributed by atoms with E-state index >= 15 is 0 Å². The molecule has 0 saturated carbocycles. The van der Waals surface area contributed by atoms with Crippen molar-refractivity contribution in [1.82, 2.24) is 0 Å². The van der Waals surface area contributed by atoms with Crippen molar-refractivity contribution >= 4 is 15.5 Å². The average Bonchev–Trinajstić information content (AvgIpc) is 2.41. The van der Waals surface area contributed by atoms with Crippen LogP contribution in [0.3, 0.4) is 0 Å². The highest BCUT2D eigenvalue weighted by atomic mass is 28.3. The fourth-order valence-corrected chi connectivity index (χ4v) is 1.89. The Bertz CT molecular complexity index is 403. The van der Waals surface area contributed by atoms with Crippen molar-refractivity contribution in [2.45, 2.75) is 6.61 Å². The number of hydrogen-bond acceptors (Lipinski definition) is 5. The van der Waals surface area contributed by atoms with Gasteiger partial charge < -0.3 is 18.0 Å². The molecule has 0 fully saturated rings. The predicted molar refractivity (Wildman–Crippen MR) is 66.8 cm³/mol. The molecule has 18 heavy (non-hydrogen) atoms. The standard InChI is InChI=1S/C12H15O5Si/c1-4-12(13)17-11-8-6-5-7-10(11)9-16-18(14-2)15-3/h4-8H,1,9H2,2-3H3. The molecule has 0 spiro atoms. The number of esters is 1. The zero-order valence-corrected chi connectivity index (χ0v) is 11.3. The number of ether oxygens (including phenoxy) is 1. The minimum absolute atomic E-state index is 0.247. The molecule has 0 atom stereocenters. The Kier molecular flexibility index (Phi) is 6.30. The number of carbonyl (C=O) groups excluding carboxylic acids is 1. The van der Waals surface area contributed by atoms with E-state index in [1.165, 1.54) is 14.2 Å². The largest absolute Gasteiger partial charge is 0.577 e. The first kappa shape index (κ1) is 14.6. The molecule has 0 amide bonds. The summed E-state index contributed by atoms with van der Waals surface area (Å²) >= 11 is 0. The predicted octanol–water partition coefficient (Wildman–Crippen LogP) is 1.57. The van der Waals surface area contributed by atoms with Gasteiger partial charge in [-0.2, -0.15) is 0 Å². The molecule has 0 bridgehead atoms. The van der Waals surface area contributed by atoms with Gasteiger partial charge in [-0.25, -0.2) is 4.79 Å². The van der Waals surface area contributed by atoms with Gasteiger partial charge in [0.15, 0.2) is 0 Å². The number of para-hydroxylation sites is 1. The lowest BCUT2D eigenvalue weighted by molar-refractivity contribution is -0.129. The first-order valence-electron chi connectivity index (χ1n) is 5.21. The third-order valence-corrected chi connectivity index (χ3v) is 3.08. The van der Waals surface area contributed by atoms with Crippen molar-refractivity contribution in [2.24, 2.45) is 0 Å². The van der Waals surface area contributed by atoms with E-state index in [4.69, 9.17) is 18.0 Å². The summed E-state index contributed by atoms with van der Waals surface area (Å²) in [5.41, 5.74) is 0.740. The summed E-state index contributed by atoms with van der Waals surface area (Å²) in [4.78, 5) is 11.2. The van der Waals surface area contributed by atoms with Gasteiger partial charge in [0, 0.05) is 25.9 Å². The Morgan fingerprint density at radius 2 is 2.00 bits per heavy atom. The highest BCUT2D eigenvalue weighted by molar-refractivity contribution is 6.36. The summed E-state index contributed by atoms with van der Waals surface area (Å²) in [5, 5.41) is 0. The van der Waals surface area contributed by atoms with E-state index in [1.54, 1.807) is 18.2 Å². The van der Waals surface area contributed by atoms with Crippen LogP contribution in [0, 0.1) is 0 Å². The Labute approximate surface area is 108 Å². The van der Waals surface area contributed by atoms with Crippen molar-refractivity contribution in [3.8, 4) is 5.75 Å². The minimum Gasteiger partial charge on any atom is -0.423 e. The van der Waals surface area contributed by atoms with E-state index in [2.05, 4.69) is 6.58 Å². The summed E-state index contributed by atoms with van der Waals surface area (Å²) in [7, 11) is 1.30. The highest BCUT2D eigenvalue weighted by Gasteiger charge is 2.16. The van der Waals surface area contributed by atoms with Crippen LogP contribution >= 0.6 is 0 Å². The fourth-order valence-electron chi connectivity index (χ4n) is 1.21. The molecule has 1 aromatic rings. The van der Waals surface area contributed by atoms with Crippen LogP contribution < -0.4 is 4.74 Å². The van der Waals surface area contributed by atoms with E-state index in [1.807, 2.05) is 6.07 Å². The van der Waals surface area contributed by atoms with Gasteiger partial charge in [0.2, 0.25) is 0 Å². The summed E-state index contributed by atoms with van der Waals surface area (Å²) in [6, 6.07) is 7.09. The highest BCUT2D eigenvalue weighted by Crippen LogP contribution is 2.19. The molecule has 0 aliphatic rings. The molecular formula is C12H15O5Si. The maximum Gasteiger partial charge on any atom is 0.577 e. The molecule has 0 heterocycles. The molecule has 1 radical (unpaired) electrons. The van der Waals surface area contributed by atoms with E-state index in [9.17, 15) is 4.79 Å². The van der Waals surface area contributed by atoms with Crippen LogP contribution in [0.1, 0.15) is 5.56 Å². The second-order valence-corrected chi connectivity index (χ2v) is 4.79. The second kappa shape index (κ2) is 7.78. The summed E-state index contributed by atoms with van der Waals surface area (Å²) in [6.45, 7) is 3.59. The average molecular weight is 267 g/mol. The zero-order chi connectivity index (χ0) is 13.4. The molecule has 1 rings (SSSR count). The van der Waals surface area contributed by atoms with Crippen molar-refractivity contribution in [1.29, 1.82) is 0 Å². The van der Waals surface area contributed by atoms with Crippen LogP contribution in [0.4, 0.5) is 0 Å². The number of carbonyl (C=O) groups is 1. The van der Waals surface area contributed by atoms with Crippen molar-refractivity contribution < 1.29 is 22.8 Å². The van der Waals surface area contributed by atoms with Gasteiger partial charge in [-0.1, -0.05) is 24.8 Å². The van der Waals surface area contributed by atoms with Gasteiger partial charge in [0.05, 0.1) is 6.61 Å². The first-order chi connectivity index (χ1) is 8.71. The number of benzene rings is 1. The third-order valence-electron chi connectivity index (χ3n) is 2.03. The Hall–Kier alpha value is -1.47. The van der Waals surface area contributed by atoms with E-state index in [0.29, 0.717) is 5.75 Å². The summed E-state index contributed by atoms with van der Waals surface area (Å²) in [6.07, 6.45) is 1.11. The smallest absolute Gasteiger partial charge is 0.423 e. The van der Waals surface area contributed by atoms with Gasteiger partial charge in [0.1, 0.15) is 5.75 Å². The third kappa shape index (κ3) is 4.42. The molecule has 6 heteroatoms. The molecule has 5 nitrogen and oxygen atoms in total. The lowest BCUT2D eigenvalue weighted by atomic mass is 10.2. The Morgan fingerprint density at radius 3 is 2.61 bits per heavy atom. The number of rotatable bonds is 7. The van der Waals surface area contributed by atoms with Gasteiger partial charge in [-0.3, -0.25) is 0 Å². The molecule has 0 unspecified atom stereocenters. The zero-order valence-electron chi connectivity index (χ0n) is 10.3. The van der Waals surface area contributed by atoms with Crippen molar-refractivity contribution in [3.63, 3.8) is 0 Å². The first-order valence-corrected chi connectivity index (χ1v) is 6.43. The van der Waals surface area contributed by atoms with E-state index < -0.39 is 15.5 Å². The maximum absolute atomic E-state index is 11.2. The molecule has 0 saturated heterocycles. The molecular weight excluding hydrogens is 252 g/mol. The SMILES string of the molecule is C=CC(=O)Oc1ccccc1CO[Si](OC)OC. The molecule has 97 valence electrons. The van der Waals surface area contributed by atoms with Gasteiger partial charge >= 0.3 is 15.5 Å². The van der Waals surface area contributed by atoms with E-state index in [-0.39, 0.29) is 6.61 Å². The van der Waals surface area contributed by atoms with E-state index in [0.717, 1.165) is 11.6 Å². The van der Waals surface area contributed by atoms with Crippen LogP contribution in [0.15, 0.2) is 36.9 Å². The molecule has 0 N–H and O–H groups in total. The van der Waals surface area contributed by atoms with Crippen molar-refractivity contribution in [2.75, 3.05) is 14.2 Å². The Morgan fingerprint density at radius 1 is 1.33 bits per heavy atom. The van der Waals surface area contributed by atoms with Crippen LogP contribution in [0.25, 0.3) is 0 Å². The topological polar surface area (TPSA) is 54.0 Å². The van der Waals surface area contributed by atoms with Crippen molar-refractivity contribution in [3.05, 3.63) is 42.5 Å². The van der Waals surface area contributed by atoms with Gasteiger partial charge in [0.25, 0.3) is 0 Å². The molecule has 1 aromatic carbocycles. The fraction of sp³-hybridized carbons (Fsp3) is 0.250. The monoisotopic (exact) mass is 267 g/mol. The Balaban J connectivity index is 2.69. The second-order valence-electron chi connectivity index (χ2n) is 3.18. The summed E-state index contributed by atoms with van der Waals surface area (Å²) < 4.78 is 20.5. The maximum atomic E-state index is 11.2.